The van der Waals surface area contributed by atoms with Gasteiger partial charge in [0.15, 0.2) is 0 Å². The van der Waals surface area contributed by atoms with E-state index in [1.807, 2.05) is 0 Å². The molecule has 2 N–H and O–H groups in total. The number of hydrogen-bond donors (Lipinski definition) is 2. The Kier molecular flexibility index (Phi) is 12.3. The second-order valence-corrected chi connectivity index (χ2v) is 8.14. The van der Waals surface area contributed by atoms with Crippen LogP contribution >= 0.6 is 46.4 Å². The maximum Gasteiger partial charge on any atom is 0.228 e. The minimum atomic E-state index is 0.103. The zero-order valence-electron chi connectivity index (χ0n) is 16.7. The van der Waals surface area contributed by atoms with Gasteiger partial charge in [0.25, 0.3) is 0 Å². The molecule has 2 rings (SSSR count). The number of nitrogens with one attached hydrogen (secondary N) is 2. The number of anilines is 2. The van der Waals surface area contributed by atoms with Gasteiger partial charge in [-0.2, -0.15) is 29.9 Å². The molecule has 2 aromatic rings. The lowest BCUT2D eigenvalue weighted by molar-refractivity contribution is 0.557. The van der Waals surface area contributed by atoms with Crippen molar-refractivity contribution < 1.29 is 0 Å². The molecule has 12 heteroatoms. The average molecular weight is 496 g/mol. The van der Waals surface area contributed by atoms with Crippen molar-refractivity contribution in [1.82, 2.24) is 29.9 Å². The lowest BCUT2D eigenvalue weighted by Crippen LogP contribution is -2.06. The monoisotopic (exact) mass is 494 g/mol. The molecule has 2 heterocycles. The summed E-state index contributed by atoms with van der Waals surface area (Å²) >= 11 is 23.0. The number of hydrogen-bond acceptors (Lipinski definition) is 8. The third-order valence-corrected chi connectivity index (χ3v) is 5.01. The average Bonchev–Trinajstić information content (AvgIpc) is 2.66. The van der Waals surface area contributed by atoms with Gasteiger partial charge in [-0.3, -0.25) is 0 Å². The predicted octanol–water partition coefficient (Wildman–Crippen LogP) is 6.10. The zero-order chi connectivity index (χ0) is 21.6. The number of aromatic nitrogens is 6. The maximum atomic E-state index is 5.74. The molecule has 0 aliphatic carbocycles. The van der Waals surface area contributed by atoms with E-state index in [0.29, 0.717) is 11.9 Å². The third kappa shape index (κ3) is 11.2. The Morgan fingerprint density at radius 2 is 0.667 bits per heavy atom. The van der Waals surface area contributed by atoms with E-state index in [1.54, 1.807) is 0 Å². The molecule has 0 amide bonds. The van der Waals surface area contributed by atoms with Crippen molar-refractivity contribution in [3.8, 4) is 0 Å². The van der Waals surface area contributed by atoms with Crippen LogP contribution in [-0.2, 0) is 0 Å². The molecule has 0 atom stereocenters. The lowest BCUT2D eigenvalue weighted by atomic mass is 10.1. The molecule has 2 aromatic heterocycles. The second-order valence-electron chi connectivity index (χ2n) is 6.78. The molecule has 0 unspecified atom stereocenters. The fourth-order valence-electron chi connectivity index (χ4n) is 2.87. The van der Waals surface area contributed by atoms with Gasteiger partial charge < -0.3 is 10.6 Å². The van der Waals surface area contributed by atoms with Crippen LogP contribution in [0.25, 0.3) is 0 Å². The van der Waals surface area contributed by atoms with Crippen LogP contribution in [0.4, 0.5) is 11.9 Å². The van der Waals surface area contributed by atoms with Crippen molar-refractivity contribution in [1.29, 1.82) is 0 Å². The number of rotatable bonds is 15. The predicted molar refractivity (Wildman–Crippen MR) is 123 cm³/mol. The highest BCUT2D eigenvalue weighted by Crippen LogP contribution is 2.13. The summed E-state index contributed by atoms with van der Waals surface area (Å²) in [4.78, 5) is 23.3. The van der Waals surface area contributed by atoms with Crippen molar-refractivity contribution in [2.24, 2.45) is 0 Å². The van der Waals surface area contributed by atoms with E-state index in [2.05, 4.69) is 40.5 Å². The molecule has 8 nitrogen and oxygen atoms in total. The summed E-state index contributed by atoms with van der Waals surface area (Å²) in [6.07, 6.45) is 12.1. The van der Waals surface area contributed by atoms with Gasteiger partial charge in [-0.25, -0.2) is 0 Å². The summed E-state index contributed by atoms with van der Waals surface area (Å²) in [5.74, 6) is 0.854. The van der Waals surface area contributed by atoms with E-state index >= 15 is 0 Å². The Hall–Kier alpha value is -1.22. The fraction of sp³-hybridized carbons (Fsp3) is 0.667. The van der Waals surface area contributed by atoms with Crippen LogP contribution < -0.4 is 10.6 Å². The molecule has 0 aliphatic rings. The van der Waals surface area contributed by atoms with Crippen LogP contribution in [0, 0.1) is 0 Å². The van der Waals surface area contributed by atoms with Crippen molar-refractivity contribution in [2.45, 2.75) is 64.2 Å². The van der Waals surface area contributed by atoms with Crippen molar-refractivity contribution >= 4 is 58.3 Å². The van der Waals surface area contributed by atoms with E-state index in [1.165, 1.54) is 51.4 Å². The van der Waals surface area contributed by atoms with Gasteiger partial charge in [0.2, 0.25) is 33.0 Å². The van der Waals surface area contributed by atoms with Crippen LogP contribution in [0.2, 0.25) is 21.1 Å². The highest BCUT2D eigenvalue weighted by Gasteiger charge is 2.03. The highest BCUT2D eigenvalue weighted by molar-refractivity contribution is 6.31. The summed E-state index contributed by atoms with van der Waals surface area (Å²) in [7, 11) is 0. The molecule has 0 spiro atoms. The molecule has 166 valence electrons. The Labute approximate surface area is 196 Å². The van der Waals surface area contributed by atoms with Crippen LogP contribution in [0.5, 0.6) is 0 Å². The van der Waals surface area contributed by atoms with Crippen molar-refractivity contribution in [2.75, 3.05) is 23.7 Å². The van der Waals surface area contributed by atoms with Crippen LogP contribution in [-0.4, -0.2) is 43.0 Å². The molecule has 30 heavy (non-hydrogen) atoms. The molecular formula is C18H26Cl4N8. The van der Waals surface area contributed by atoms with E-state index in [9.17, 15) is 0 Å². The Balaban J connectivity index is 1.35. The van der Waals surface area contributed by atoms with Crippen molar-refractivity contribution in [3.63, 3.8) is 0 Å². The maximum absolute atomic E-state index is 5.74. The first-order valence-electron chi connectivity index (χ1n) is 10.1. The van der Waals surface area contributed by atoms with Crippen LogP contribution in [0.3, 0.4) is 0 Å². The van der Waals surface area contributed by atoms with Gasteiger partial charge in [0, 0.05) is 13.1 Å². The topological polar surface area (TPSA) is 101 Å². The minimum absolute atomic E-state index is 0.103. The smallest absolute Gasteiger partial charge is 0.228 e. The number of unbranched alkanes of at least 4 members (excludes halogenated alkanes) is 9. The number of nitrogens with zero attached hydrogens (tertiary/aromatic N) is 6. The number of halogens is 4. The first kappa shape index (κ1) is 25.0. The molecule has 0 bridgehead atoms. The molecule has 0 aliphatic heterocycles. The first-order valence-corrected chi connectivity index (χ1v) is 11.7. The van der Waals surface area contributed by atoms with Crippen LogP contribution in [0.1, 0.15) is 64.2 Å². The highest BCUT2D eigenvalue weighted by atomic mass is 35.5. The summed E-state index contributed by atoms with van der Waals surface area (Å²) < 4.78 is 0. The Morgan fingerprint density at radius 3 is 0.967 bits per heavy atom. The van der Waals surface area contributed by atoms with Gasteiger partial charge in [-0.05, 0) is 59.2 Å². The molecule has 0 radical (unpaired) electrons. The SMILES string of the molecule is Clc1nc(Cl)nc(NCCCCCCCCCCCCNc2nc(Cl)nc(Cl)n2)n1. The van der Waals surface area contributed by atoms with Gasteiger partial charge in [0.1, 0.15) is 0 Å². The first-order chi connectivity index (χ1) is 14.5. The summed E-state index contributed by atoms with van der Waals surface area (Å²) in [6, 6.07) is 0. The van der Waals surface area contributed by atoms with E-state index in [4.69, 9.17) is 46.4 Å². The third-order valence-electron chi connectivity index (χ3n) is 4.33. The summed E-state index contributed by atoms with van der Waals surface area (Å²) in [5.41, 5.74) is 0. The van der Waals surface area contributed by atoms with Gasteiger partial charge >= 0.3 is 0 Å². The molecule has 0 aromatic carbocycles. The summed E-state index contributed by atoms with van der Waals surface area (Å²) in [5, 5.41) is 6.65. The van der Waals surface area contributed by atoms with Crippen molar-refractivity contribution in [3.05, 3.63) is 21.1 Å². The Bertz CT molecular complexity index is 661. The zero-order valence-corrected chi connectivity index (χ0v) is 19.7. The second kappa shape index (κ2) is 14.7. The van der Waals surface area contributed by atoms with E-state index < -0.39 is 0 Å². The molecule has 0 fully saturated rings. The van der Waals surface area contributed by atoms with Crippen LogP contribution in [0.15, 0.2) is 0 Å². The normalized spacial score (nSPS) is 10.9. The minimum Gasteiger partial charge on any atom is -0.354 e. The van der Waals surface area contributed by atoms with Gasteiger partial charge in [-0.1, -0.05) is 51.4 Å². The Morgan fingerprint density at radius 1 is 0.400 bits per heavy atom. The standard InChI is InChI=1S/C18H26Cl4N8/c19-13-25-14(20)28-17(27-13)23-11-9-7-5-3-1-2-4-6-8-10-12-24-18-29-15(21)26-16(22)30-18/h1-12H2,(H,23,25,27,28)(H,24,26,29,30). The molecular weight excluding hydrogens is 470 g/mol. The largest absolute Gasteiger partial charge is 0.354 e. The lowest BCUT2D eigenvalue weighted by Gasteiger charge is -2.06. The van der Waals surface area contributed by atoms with E-state index in [-0.39, 0.29) is 21.1 Å². The fourth-order valence-corrected chi connectivity index (χ4v) is 3.60. The quantitative estimate of drug-likeness (QED) is 0.286. The molecule has 0 saturated carbocycles. The van der Waals surface area contributed by atoms with Gasteiger partial charge in [-0.15, -0.1) is 0 Å². The van der Waals surface area contributed by atoms with Gasteiger partial charge in [0.05, 0.1) is 0 Å². The summed E-state index contributed by atoms with van der Waals surface area (Å²) in [6.45, 7) is 1.60. The van der Waals surface area contributed by atoms with E-state index in [0.717, 1.165) is 25.9 Å². The molecule has 0 saturated heterocycles.